The summed E-state index contributed by atoms with van der Waals surface area (Å²) in [5, 5.41) is 11.2. The zero-order chi connectivity index (χ0) is 20.4. The molecule has 1 unspecified atom stereocenters. The average Bonchev–Trinajstić information content (AvgIpc) is 3.42. The Hall–Kier alpha value is -2.78. The van der Waals surface area contributed by atoms with Gasteiger partial charge < -0.3 is 10.2 Å². The predicted molar refractivity (Wildman–Crippen MR) is 118 cm³/mol. The lowest BCUT2D eigenvalue weighted by molar-refractivity contribution is 0.0945. The Bertz CT molecular complexity index is 1080. The first-order chi connectivity index (χ1) is 14.1. The average molecular weight is 427 g/mol. The summed E-state index contributed by atoms with van der Waals surface area (Å²) in [7, 11) is 0. The van der Waals surface area contributed by atoms with Crippen LogP contribution in [0.1, 0.15) is 46.8 Å². The van der Waals surface area contributed by atoms with Crippen molar-refractivity contribution >= 4 is 43.2 Å². The lowest BCUT2D eigenvalue weighted by atomic mass is 10.1. The van der Waals surface area contributed by atoms with Crippen molar-refractivity contribution in [2.24, 2.45) is 0 Å². The molecule has 0 bridgehead atoms. The van der Waals surface area contributed by atoms with Gasteiger partial charge in [-0.15, -0.1) is 11.3 Å². The van der Waals surface area contributed by atoms with Crippen LogP contribution in [-0.4, -0.2) is 39.2 Å². The molecule has 1 amide bonds. The molecule has 0 aliphatic rings. The van der Waals surface area contributed by atoms with Gasteiger partial charge in [0.25, 0.3) is 5.91 Å². The molecule has 29 heavy (non-hydrogen) atoms. The molecule has 0 radical (unpaired) electrons. The van der Waals surface area contributed by atoms with E-state index in [4.69, 9.17) is 4.98 Å². The van der Waals surface area contributed by atoms with Crippen LogP contribution in [0.25, 0.3) is 9.53 Å². The Labute approximate surface area is 176 Å². The number of hydrogen-bond donors (Lipinski definition) is 2. The lowest BCUT2D eigenvalue weighted by Gasteiger charge is -2.16. The van der Waals surface area contributed by atoms with E-state index in [2.05, 4.69) is 39.2 Å². The minimum atomic E-state index is -0.423. The summed E-state index contributed by atoms with van der Waals surface area (Å²) in [5.74, 6) is 1.10. The number of aromatic amines is 1. The maximum absolute atomic E-state index is 13.0. The van der Waals surface area contributed by atoms with Gasteiger partial charge in [-0.2, -0.15) is 5.10 Å². The normalized spacial score (nSPS) is 12.2. The number of anilines is 1. The summed E-state index contributed by atoms with van der Waals surface area (Å²) in [6.07, 6.45) is 0. The summed E-state index contributed by atoms with van der Waals surface area (Å²) in [4.78, 5) is 25.9. The van der Waals surface area contributed by atoms with Crippen molar-refractivity contribution in [2.45, 2.75) is 26.8 Å². The van der Waals surface area contributed by atoms with Crippen LogP contribution in [0.3, 0.4) is 0 Å². The number of hydrogen-bond acceptors (Lipinski definition) is 7. The van der Waals surface area contributed by atoms with Crippen LogP contribution in [0.2, 0.25) is 0 Å². The maximum Gasteiger partial charge on any atom is 0.262 e. The highest BCUT2D eigenvalue weighted by Crippen LogP contribution is 2.35. The second kappa shape index (κ2) is 8.30. The standard InChI is InChI=1S/C20H22N6OS2/c1-4-26(5-2)20-23-19-15(29-20)11-14(28-19)18(27)22-16(13-9-7-6-8-10-13)17-21-12(3)24-25-17/h6-11,16H,4-5H2,1-3H3,(H,22,27)(H,21,24,25). The summed E-state index contributed by atoms with van der Waals surface area (Å²) in [5.41, 5.74) is 0.931. The highest BCUT2D eigenvalue weighted by Gasteiger charge is 2.23. The van der Waals surface area contributed by atoms with Crippen LogP contribution in [0, 0.1) is 6.92 Å². The third-order valence-electron chi connectivity index (χ3n) is 4.62. The van der Waals surface area contributed by atoms with Crippen molar-refractivity contribution in [3.63, 3.8) is 0 Å². The lowest BCUT2D eigenvalue weighted by Crippen LogP contribution is -2.29. The fourth-order valence-electron chi connectivity index (χ4n) is 3.10. The van der Waals surface area contributed by atoms with Crippen LogP contribution < -0.4 is 10.2 Å². The number of aromatic nitrogens is 4. The van der Waals surface area contributed by atoms with Gasteiger partial charge in [-0.1, -0.05) is 41.7 Å². The number of H-pyrrole nitrogens is 1. The Morgan fingerprint density at radius 2 is 1.93 bits per heavy atom. The number of amides is 1. The first-order valence-corrected chi connectivity index (χ1v) is 11.1. The molecular formula is C20H22N6OS2. The number of nitrogens with zero attached hydrogens (tertiary/aromatic N) is 4. The van der Waals surface area contributed by atoms with Gasteiger partial charge in [0.15, 0.2) is 11.0 Å². The number of thiazole rings is 1. The summed E-state index contributed by atoms with van der Waals surface area (Å²) in [6, 6.07) is 11.2. The Balaban J connectivity index is 1.60. The third-order valence-corrected chi connectivity index (χ3v) is 6.84. The van der Waals surface area contributed by atoms with E-state index in [1.54, 1.807) is 11.3 Å². The van der Waals surface area contributed by atoms with Crippen LogP contribution in [0.5, 0.6) is 0 Å². The maximum atomic E-state index is 13.0. The Morgan fingerprint density at radius 3 is 2.55 bits per heavy atom. The minimum Gasteiger partial charge on any atom is -0.349 e. The second-order valence-corrected chi connectivity index (χ2v) is 8.58. The third kappa shape index (κ3) is 4.01. The molecule has 0 spiro atoms. The fraction of sp³-hybridized carbons (Fsp3) is 0.300. The number of thiophene rings is 1. The van der Waals surface area contributed by atoms with Gasteiger partial charge in [-0.3, -0.25) is 9.89 Å². The molecule has 0 fully saturated rings. The van der Waals surface area contributed by atoms with E-state index in [9.17, 15) is 4.79 Å². The van der Waals surface area contributed by atoms with Crippen molar-refractivity contribution < 1.29 is 4.79 Å². The Kier molecular flexibility index (Phi) is 5.59. The topological polar surface area (TPSA) is 86.8 Å². The molecular weight excluding hydrogens is 404 g/mol. The van der Waals surface area contributed by atoms with Crippen LogP contribution in [0.15, 0.2) is 36.4 Å². The molecule has 9 heteroatoms. The number of benzene rings is 1. The monoisotopic (exact) mass is 426 g/mol. The van der Waals surface area contributed by atoms with Gasteiger partial charge in [0.05, 0.1) is 9.58 Å². The number of aryl methyl sites for hydroxylation is 1. The zero-order valence-corrected chi connectivity index (χ0v) is 18.1. The van der Waals surface area contributed by atoms with Gasteiger partial charge in [0.1, 0.15) is 16.7 Å². The van der Waals surface area contributed by atoms with Gasteiger partial charge in [-0.25, -0.2) is 9.97 Å². The van der Waals surface area contributed by atoms with E-state index >= 15 is 0 Å². The van der Waals surface area contributed by atoms with Crippen LogP contribution in [0.4, 0.5) is 5.13 Å². The number of fused-ring (bicyclic) bond motifs is 1. The molecule has 0 saturated carbocycles. The number of nitrogens with one attached hydrogen (secondary N) is 2. The van der Waals surface area contributed by atoms with Crippen LogP contribution in [-0.2, 0) is 0 Å². The molecule has 4 aromatic rings. The van der Waals surface area contributed by atoms with Crippen molar-refractivity contribution in [3.05, 3.63) is 58.5 Å². The van der Waals surface area contributed by atoms with Crippen molar-refractivity contribution in [1.82, 2.24) is 25.5 Å². The largest absolute Gasteiger partial charge is 0.349 e. The smallest absolute Gasteiger partial charge is 0.262 e. The highest BCUT2D eigenvalue weighted by molar-refractivity contribution is 7.29. The van der Waals surface area contributed by atoms with Crippen molar-refractivity contribution in [3.8, 4) is 0 Å². The molecule has 0 saturated heterocycles. The van der Waals surface area contributed by atoms with Crippen molar-refractivity contribution in [2.75, 3.05) is 18.0 Å². The van der Waals surface area contributed by atoms with E-state index in [0.29, 0.717) is 16.5 Å². The first-order valence-electron chi connectivity index (χ1n) is 9.49. The SMILES string of the molecule is CCN(CC)c1nc2sc(C(=O)NC(c3ccccc3)c3n[nH]c(C)n3)cc2s1. The predicted octanol–water partition coefficient (Wildman–Crippen LogP) is 4.15. The quantitative estimate of drug-likeness (QED) is 0.464. The molecule has 7 nitrogen and oxygen atoms in total. The van der Waals surface area contributed by atoms with E-state index in [0.717, 1.165) is 33.3 Å². The van der Waals surface area contributed by atoms with Gasteiger partial charge >= 0.3 is 0 Å². The molecule has 0 aliphatic carbocycles. The number of carbonyl (C=O) groups excluding carboxylic acids is 1. The zero-order valence-electron chi connectivity index (χ0n) is 16.5. The van der Waals surface area contributed by atoms with E-state index < -0.39 is 6.04 Å². The molecule has 3 aromatic heterocycles. The second-order valence-electron chi connectivity index (χ2n) is 6.54. The van der Waals surface area contributed by atoms with E-state index in [1.165, 1.54) is 11.3 Å². The molecule has 1 aromatic carbocycles. The molecule has 2 N–H and O–H groups in total. The van der Waals surface area contributed by atoms with Gasteiger partial charge in [0, 0.05) is 13.1 Å². The number of rotatable bonds is 7. The molecule has 1 atom stereocenters. The van der Waals surface area contributed by atoms with Gasteiger partial charge in [0.2, 0.25) is 0 Å². The molecule has 4 rings (SSSR count). The minimum absolute atomic E-state index is 0.152. The van der Waals surface area contributed by atoms with E-state index in [-0.39, 0.29) is 5.91 Å². The summed E-state index contributed by atoms with van der Waals surface area (Å²) >= 11 is 3.04. The molecule has 3 heterocycles. The molecule has 0 aliphatic heterocycles. The van der Waals surface area contributed by atoms with Crippen molar-refractivity contribution in [1.29, 1.82) is 0 Å². The first kappa shape index (κ1) is 19.5. The Morgan fingerprint density at radius 1 is 1.17 bits per heavy atom. The molecule has 150 valence electrons. The summed E-state index contributed by atoms with van der Waals surface area (Å²) in [6.45, 7) is 7.91. The number of carbonyl (C=O) groups is 1. The van der Waals surface area contributed by atoms with Crippen LogP contribution >= 0.6 is 22.7 Å². The highest BCUT2D eigenvalue weighted by atomic mass is 32.1. The van der Waals surface area contributed by atoms with Gasteiger partial charge in [-0.05, 0) is 32.4 Å². The van der Waals surface area contributed by atoms with E-state index in [1.807, 2.05) is 43.3 Å². The summed E-state index contributed by atoms with van der Waals surface area (Å²) < 4.78 is 1.03. The fourth-order valence-corrected chi connectivity index (χ4v) is 5.34.